The first-order valence-electron chi connectivity index (χ1n) is 15.2. The third kappa shape index (κ3) is 15.4. The highest BCUT2D eigenvalue weighted by molar-refractivity contribution is 6.01. The Hall–Kier alpha value is -4.44. The molecule has 0 aromatic rings. The Bertz CT molecular complexity index is 1120. The maximum Gasteiger partial charge on any atom is 0.434 e. The van der Waals surface area contributed by atoms with E-state index in [1.807, 2.05) is 0 Å². The van der Waals surface area contributed by atoms with Crippen LogP contribution in [0.15, 0.2) is 0 Å². The Balaban J connectivity index is 2.40. The maximum absolute atomic E-state index is 13.2. The fourth-order valence-electron chi connectivity index (χ4n) is 5.05. The van der Waals surface area contributed by atoms with Gasteiger partial charge in [0.1, 0.15) is 0 Å². The van der Waals surface area contributed by atoms with Crippen LogP contribution in [0.3, 0.4) is 0 Å². The van der Waals surface area contributed by atoms with E-state index in [-0.39, 0.29) is 91.4 Å². The lowest BCUT2D eigenvalue weighted by atomic mass is 10.3. The molecule has 0 aromatic heterocycles. The molecule has 21 heteroatoms. The van der Waals surface area contributed by atoms with Gasteiger partial charge in [0.2, 0.25) is 0 Å². The average Bonchev–Trinajstić information content (AvgIpc) is 3.29. The zero-order valence-corrected chi connectivity index (χ0v) is 26.5. The molecule has 2 aliphatic heterocycles. The van der Waals surface area contributed by atoms with E-state index in [0.29, 0.717) is 5.06 Å². The van der Waals surface area contributed by atoms with Crippen molar-refractivity contribution in [1.29, 1.82) is 0 Å². The van der Waals surface area contributed by atoms with Crippen LogP contribution in [-0.2, 0) is 38.4 Å². The molecule has 3 amide bonds. The summed E-state index contributed by atoms with van der Waals surface area (Å²) in [4.78, 5) is 109. The summed E-state index contributed by atoms with van der Waals surface area (Å²) in [7, 11) is 0. The fraction of sp³-hybridized carbons (Fsp3) is 0.704. The van der Waals surface area contributed by atoms with Crippen LogP contribution in [0.1, 0.15) is 12.8 Å². The molecule has 2 fully saturated rings. The summed E-state index contributed by atoms with van der Waals surface area (Å²) < 4.78 is 0. The number of rotatable bonds is 11. The van der Waals surface area contributed by atoms with Crippen molar-refractivity contribution < 1.29 is 68.7 Å². The normalized spacial score (nSPS) is 19.8. The van der Waals surface area contributed by atoms with E-state index >= 15 is 0 Å². The number of carbonyl (C=O) groups excluding carboxylic acids is 3. The number of hydrogen-bond acceptors (Lipinski definition) is 14. The lowest BCUT2D eigenvalue weighted by Gasteiger charge is -2.32. The van der Waals surface area contributed by atoms with Gasteiger partial charge in [-0.25, -0.2) is 4.79 Å². The first-order valence-corrected chi connectivity index (χ1v) is 15.2. The molecule has 2 rings (SSSR count). The van der Waals surface area contributed by atoms with Gasteiger partial charge in [-0.3, -0.25) is 58.1 Å². The summed E-state index contributed by atoms with van der Waals surface area (Å²) in [6, 6.07) is 0. The lowest BCUT2D eigenvalue weighted by molar-refractivity contribution is -0.174. The molecule has 0 bridgehead atoms. The summed E-state index contributed by atoms with van der Waals surface area (Å²) in [5.74, 6) is -7.39. The van der Waals surface area contributed by atoms with Gasteiger partial charge in [0.15, 0.2) is 0 Å². The first-order chi connectivity index (χ1) is 22.6. The summed E-state index contributed by atoms with van der Waals surface area (Å²) in [6.07, 6.45) is -1.42. The van der Waals surface area contributed by atoms with Crippen LogP contribution < -0.4 is 0 Å². The fourth-order valence-corrected chi connectivity index (χ4v) is 5.05. The zero-order valence-electron chi connectivity index (χ0n) is 26.5. The highest BCUT2D eigenvalue weighted by Crippen LogP contribution is 2.13. The van der Waals surface area contributed by atoms with E-state index < -0.39 is 80.5 Å². The molecule has 2 saturated heterocycles. The SMILES string of the molecule is O=C(O)CN1CCN(CC(=O)O)CCN(CC(=O)O)CCN(C(=O)ON2C(=O)CCC2=O)CCN(CC(=O)O)CCN(CC(=O)O)CC1. The van der Waals surface area contributed by atoms with Gasteiger partial charge in [0.05, 0.1) is 32.7 Å². The van der Waals surface area contributed by atoms with Gasteiger partial charge in [-0.05, 0) is 0 Å². The van der Waals surface area contributed by atoms with Gasteiger partial charge in [-0.15, -0.1) is 5.06 Å². The van der Waals surface area contributed by atoms with E-state index in [2.05, 4.69) is 0 Å². The minimum absolute atomic E-state index is 0.0159. The van der Waals surface area contributed by atoms with Crippen molar-refractivity contribution in [2.24, 2.45) is 0 Å². The van der Waals surface area contributed by atoms with Crippen LogP contribution >= 0.6 is 0 Å². The van der Waals surface area contributed by atoms with Crippen LogP contribution in [0.25, 0.3) is 0 Å². The summed E-state index contributed by atoms with van der Waals surface area (Å²) >= 11 is 0. The van der Waals surface area contributed by atoms with Gasteiger partial charge in [0.25, 0.3) is 11.8 Å². The Kier molecular flexibility index (Phi) is 16.6. The third-order valence-electron chi connectivity index (χ3n) is 7.53. The summed E-state index contributed by atoms with van der Waals surface area (Å²) in [5.41, 5.74) is 0. The molecule has 2 aliphatic rings. The minimum atomic E-state index is -1.21. The largest absolute Gasteiger partial charge is 0.480 e. The van der Waals surface area contributed by atoms with Crippen LogP contribution in [0.2, 0.25) is 0 Å². The molecule has 0 atom stereocenters. The summed E-state index contributed by atoms with van der Waals surface area (Å²) in [6.45, 7) is -2.43. The highest BCUT2D eigenvalue weighted by Gasteiger charge is 2.34. The molecule has 270 valence electrons. The standard InChI is InChI=1S/C27H43N7O14/c35-20-1-2-21(36)34(20)48-27(47)33-13-11-31(18-25(43)44)9-7-29(16-23(39)40)5-3-28(15-22(37)38)4-6-30(17-24(41)42)8-10-32(12-14-33)19-26(45)46/h1-19H2,(H,37,38)(H,39,40)(H,41,42)(H,43,44)(H,45,46). The number of carbonyl (C=O) groups is 8. The van der Waals surface area contributed by atoms with Crippen LogP contribution in [0.5, 0.6) is 0 Å². The van der Waals surface area contributed by atoms with Gasteiger partial charge in [0, 0.05) is 91.4 Å². The molecule has 21 nitrogen and oxygen atoms in total. The molecule has 0 aliphatic carbocycles. The van der Waals surface area contributed by atoms with E-state index in [9.17, 15) is 63.9 Å². The quantitative estimate of drug-likeness (QED) is 0.131. The monoisotopic (exact) mass is 689 g/mol. The second-order valence-corrected chi connectivity index (χ2v) is 11.3. The Labute approximate surface area is 275 Å². The number of imide groups is 1. The summed E-state index contributed by atoms with van der Waals surface area (Å²) in [5, 5.41) is 47.7. The number of aliphatic carboxylic acids is 5. The first kappa shape index (κ1) is 39.7. The molecule has 48 heavy (non-hydrogen) atoms. The molecular formula is C27H43N7O14. The molecule has 2 heterocycles. The zero-order chi connectivity index (χ0) is 35.8. The van der Waals surface area contributed by atoms with Crippen molar-refractivity contribution in [3.63, 3.8) is 0 Å². The van der Waals surface area contributed by atoms with Crippen molar-refractivity contribution in [1.82, 2.24) is 34.5 Å². The van der Waals surface area contributed by atoms with Crippen molar-refractivity contribution in [3.8, 4) is 0 Å². The van der Waals surface area contributed by atoms with Gasteiger partial charge < -0.3 is 35.3 Å². The van der Waals surface area contributed by atoms with E-state index in [4.69, 9.17) is 4.84 Å². The van der Waals surface area contributed by atoms with E-state index in [1.165, 1.54) is 24.5 Å². The minimum Gasteiger partial charge on any atom is -0.480 e. The van der Waals surface area contributed by atoms with Gasteiger partial charge >= 0.3 is 35.9 Å². The van der Waals surface area contributed by atoms with Crippen LogP contribution in [0, 0.1) is 0 Å². The molecular weight excluding hydrogens is 646 g/mol. The van der Waals surface area contributed by atoms with Gasteiger partial charge in [-0.1, -0.05) is 0 Å². The average molecular weight is 690 g/mol. The number of carboxylic acids is 5. The molecule has 5 N–H and O–H groups in total. The Morgan fingerprint density at radius 2 is 0.667 bits per heavy atom. The Morgan fingerprint density at radius 3 is 0.896 bits per heavy atom. The highest BCUT2D eigenvalue weighted by atomic mass is 16.7. The third-order valence-corrected chi connectivity index (χ3v) is 7.53. The van der Waals surface area contributed by atoms with Crippen LogP contribution in [-0.4, -0.2) is 219 Å². The topological polar surface area (TPSA) is 270 Å². The van der Waals surface area contributed by atoms with Crippen LogP contribution in [0.4, 0.5) is 4.79 Å². The smallest absolute Gasteiger partial charge is 0.434 e. The molecule has 0 radical (unpaired) electrons. The predicted molar refractivity (Wildman–Crippen MR) is 160 cm³/mol. The number of hydroxylamine groups is 2. The van der Waals surface area contributed by atoms with Crippen molar-refractivity contribution in [2.45, 2.75) is 12.8 Å². The van der Waals surface area contributed by atoms with Gasteiger partial charge in [-0.2, -0.15) is 0 Å². The van der Waals surface area contributed by atoms with E-state index in [0.717, 1.165) is 4.90 Å². The number of amides is 3. The molecule has 0 aromatic carbocycles. The number of nitrogens with zero attached hydrogens (tertiary/aromatic N) is 7. The number of hydrogen-bond donors (Lipinski definition) is 5. The predicted octanol–water partition coefficient (Wildman–Crippen LogP) is -3.56. The Morgan fingerprint density at radius 1 is 0.438 bits per heavy atom. The second-order valence-electron chi connectivity index (χ2n) is 11.3. The van der Waals surface area contributed by atoms with E-state index in [1.54, 1.807) is 0 Å². The maximum atomic E-state index is 13.2. The number of carboxylic acid groups (broad SMARTS) is 5. The molecule has 0 saturated carbocycles. The van der Waals surface area contributed by atoms with Crippen molar-refractivity contribution in [2.75, 3.05) is 111 Å². The second kappa shape index (κ2) is 20.0. The molecule has 0 unspecified atom stereocenters. The van der Waals surface area contributed by atoms with Crippen molar-refractivity contribution >= 4 is 47.8 Å². The van der Waals surface area contributed by atoms with Crippen molar-refractivity contribution in [3.05, 3.63) is 0 Å². The molecule has 0 spiro atoms. The lowest BCUT2D eigenvalue weighted by Crippen LogP contribution is -2.50.